The van der Waals surface area contributed by atoms with Gasteiger partial charge in [0.2, 0.25) is 0 Å². The average Bonchev–Trinajstić information content (AvgIpc) is 2.03. The molecule has 1 aromatic carbocycles. The van der Waals surface area contributed by atoms with Gasteiger partial charge in [0.1, 0.15) is 5.56 Å². The first-order valence-electron chi connectivity index (χ1n) is 3.36. The Balaban J connectivity index is 3.35. The minimum atomic E-state index is -0.841. The van der Waals surface area contributed by atoms with Crippen molar-refractivity contribution in [1.82, 2.24) is 0 Å². The molecule has 1 aromatic rings. The molecule has 0 aliphatic carbocycles. The summed E-state index contributed by atoms with van der Waals surface area (Å²) in [6.45, 7) is 0. The molecule has 0 radical (unpaired) electrons. The summed E-state index contributed by atoms with van der Waals surface area (Å²) in [5, 5.41) is 10.4. The van der Waals surface area contributed by atoms with E-state index in [9.17, 15) is 14.9 Å². The van der Waals surface area contributed by atoms with Crippen molar-refractivity contribution in [2.45, 2.75) is 0 Å². The first-order chi connectivity index (χ1) is 6.02. The van der Waals surface area contributed by atoms with Crippen molar-refractivity contribution in [3.63, 3.8) is 0 Å². The predicted octanol–water partition coefficient (Wildman–Crippen LogP) is 0.276. The van der Waals surface area contributed by atoms with Gasteiger partial charge in [-0.25, -0.2) is 0 Å². The smallest absolute Gasteiger partial charge is 0.284 e. The first kappa shape index (κ1) is 8.98. The number of hydrogen-bond donors (Lipinski definition) is 2. The van der Waals surface area contributed by atoms with Gasteiger partial charge in [0.15, 0.2) is 0 Å². The number of carbonyl (C=O) groups excluding carboxylic acids is 1. The standard InChI is InChI=1S/C7H7N3O3/c8-4-1-2-5(7(9)11)6(3-4)10(12)13/h1-3H,8H2,(H2,9,11). The average molecular weight is 181 g/mol. The fraction of sp³-hybridized carbons (Fsp3) is 0. The molecule has 0 fully saturated rings. The van der Waals surface area contributed by atoms with Gasteiger partial charge in [-0.2, -0.15) is 0 Å². The molecule has 68 valence electrons. The Labute approximate surface area is 73.3 Å². The van der Waals surface area contributed by atoms with Crippen LogP contribution in [-0.4, -0.2) is 10.8 Å². The second-order valence-corrected chi connectivity index (χ2v) is 2.40. The van der Waals surface area contributed by atoms with Crippen LogP contribution in [0.25, 0.3) is 0 Å². The van der Waals surface area contributed by atoms with Gasteiger partial charge < -0.3 is 11.5 Å². The molecule has 0 heterocycles. The highest BCUT2D eigenvalue weighted by Gasteiger charge is 2.17. The maximum absolute atomic E-state index is 10.7. The van der Waals surface area contributed by atoms with Gasteiger partial charge in [0, 0.05) is 11.8 Å². The highest BCUT2D eigenvalue weighted by atomic mass is 16.6. The van der Waals surface area contributed by atoms with E-state index in [-0.39, 0.29) is 16.9 Å². The number of benzene rings is 1. The van der Waals surface area contributed by atoms with Crippen molar-refractivity contribution in [3.05, 3.63) is 33.9 Å². The molecule has 1 rings (SSSR count). The third-order valence-corrected chi connectivity index (χ3v) is 1.48. The van der Waals surface area contributed by atoms with Crippen LogP contribution in [0.2, 0.25) is 0 Å². The number of nitro benzene ring substituents is 1. The normalized spacial score (nSPS) is 9.54. The van der Waals surface area contributed by atoms with Crippen LogP contribution in [0.3, 0.4) is 0 Å². The molecule has 0 aliphatic heterocycles. The third kappa shape index (κ3) is 1.73. The van der Waals surface area contributed by atoms with Crippen LogP contribution in [0.15, 0.2) is 18.2 Å². The summed E-state index contributed by atoms with van der Waals surface area (Å²) in [5.41, 5.74) is 9.94. The number of rotatable bonds is 2. The van der Waals surface area contributed by atoms with Gasteiger partial charge in [0.05, 0.1) is 4.92 Å². The van der Waals surface area contributed by atoms with Crippen molar-refractivity contribution in [3.8, 4) is 0 Å². The van der Waals surface area contributed by atoms with E-state index < -0.39 is 10.8 Å². The number of anilines is 1. The molecule has 4 N–H and O–H groups in total. The van der Waals surface area contributed by atoms with Crippen molar-refractivity contribution in [1.29, 1.82) is 0 Å². The van der Waals surface area contributed by atoms with Crippen molar-refractivity contribution < 1.29 is 9.72 Å². The number of hydrogen-bond acceptors (Lipinski definition) is 4. The molecular formula is C7H7N3O3. The van der Waals surface area contributed by atoms with Gasteiger partial charge >= 0.3 is 0 Å². The molecule has 0 saturated heterocycles. The highest BCUT2D eigenvalue weighted by molar-refractivity contribution is 5.97. The summed E-state index contributed by atoms with van der Waals surface area (Å²) in [6.07, 6.45) is 0. The molecule has 0 aromatic heterocycles. The van der Waals surface area contributed by atoms with Gasteiger partial charge in [-0.3, -0.25) is 14.9 Å². The Morgan fingerprint density at radius 3 is 2.54 bits per heavy atom. The van der Waals surface area contributed by atoms with E-state index in [1.807, 2.05) is 0 Å². The zero-order valence-electron chi connectivity index (χ0n) is 6.56. The van der Waals surface area contributed by atoms with E-state index >= 15 is 0 Å². The minimum absolute atomic E-state index is 0.140. The predicted molar refractivity (Wildman–Crippen MR) is 46.0 cm³/mol. The van der Waals surface area contributed by atoms with E-state index in [1.165, 1.54) is 12.1 Å². The summed E-state index contributed by atoms with van der Waals surface area (Å²) in [5.74, 6) is -0.841. The number of nitrogen functional groups attached to an aromatic ring is 1. The summed E-state index contributed by atoms with van der Waals surface area (Å²) >= 11 is 0. The summed E-state index contributed by atoms with van der Waals surface area (Å²) < 4.78 is 0. The molecule has 0 saturated carbocycles. The summed E-state index contributed by atoms with van der Waals surface area (Å²) in [4.78, 5) is 20.4. The van der Waals surface area contributed by atoms with Crippen LogP contribution in [0.4, 0.5) is 11.4 Å². The molecule has 0 unspecified atom stereocenters. The number of primary amides is 1. The Bertz CT molecular complexity index is 375. The van der Waals surface area contributed by atoms with E-state index in [0.29, 0.717) is 0 Å². The van der Waals surface area contributed by atoms with Gasteiger partial charge in [-0.15, -0.1) is 0 Å². The lowest BCUT2D eigenvalue weighted by molar-refractivity contribution is -0.385. The molecule has 0 aliphatic rings. The van der Waals surface area contributed by atoms with Crippen LogP contribution < -0.4 is 11.5 Å². The van der Waals surface area contributed by atoms with Gasteiger partial charge in [-0.1, -0.05) is 0 Å². The number of nitrogens with two attached hydrogens (primary N) is 2. The lowest BCUT2D eigenvalue weighted by Crippen LogP contribution is -2.13. The lowest BCUT2D eigenvalue weighted by atomic mass is 10.1. The van der Waals surface area contributed by atoms with Crippen LogP contribution in [0.1, 0.15) is 10.4 Å². The number of nitrogens with zero attached hydrogens (tertiary/aromatic N) is 1. The van der Waals surface area contributed by atoms with E-state index in [4.69, 9.17) is 11.5 Å². The fourth-order valence-corrected chi connectivity index (χ4v) is 0.908. The first-order valence-corrected chi connectivity index (χ1v) is 3.36. The van der Waals surface area contributed by atoms with E-state index in [2.05, 4.69) is 0 Å². The van der Waals surface area contributed by atoms with E-state index in [0.717, 1.165) is 6.07 Å². The Kier molecular flexibility index (Phi) is 2.14. The molecule has 13 heavy (non-hydrogen) atoms. The molecule has 0 spiro atoms. The maximum atomic E-state index is 10.7. The third-order valence-electron chi connectivity index (χ3n) is 1.48. The molecule has 0 bridgehead atoms. The Hall–Kier alpha value is -2.11. The monoisotopic (exact) mass is 181 g/mol. The SMILES string of the molecule is NC(=O)c1ccc(N)cc1[N+](=O)[O-]. The zero-order valence-corrected chi connectivity index (χ0v) is 6.56. The molecule has 1 amide bonds. The van der Waals surface area contributed by atoms with Gasteiger partial charge in [-0.05, 0) is 12.1 Å². The summed E-state index contributed by atoms with van der Waals surface area (Å²) in [6, 6.07) is 3.71. The quantitative estimate of drug-likeness (QED) is 0.387. The largest absolute Gasteiger partial charge is 0.399 e. The van der Waals surface area contributed by atoms with Crippen LogP contribution in [-0.2, 0) is 0 Å². The Morgan fingerprint density at radius 2 is 2.08 bits per heavy atom. The molecular weight excluding hydrogens is 174 g/mol. The molecule has 6 nitrogen and oxygen atoms in total. The number of amides is 1. The van der Waals surface area contributed by atoms with Crippen LogP contribution in [0, 0.1) is 10.1 Å². The number of nitro groups is 1. The second kappa shape index (κ2) is 3.10. The summed E-state index contributed by atoms with van der Waals surface area (Å²) in [7, 11) is 0. The molecule has 6 heteroatoms. The zero-order chi connectivity index (χ0) is 10.0. The maximum Gasteiger partial charge on any atom is 0.284 e. The molecule has 0 atom stereocenters. The van der Waals surface area contributed by atoms with Crippen molar-refractivity contribution >= 4 is 17.3 Å². The van der Waals surface area contributed by atoms with Gasteiger partial charge in [0.25, 0.3) is 11.6 Å². The Morgan fingerprint density at radius 1 is 1.46 bits per heavy atom. The van der Waals surface area contributed by atoms with Crippen LogP contribution in [0.5, 0.6) is 0 Å². The topological polar surface area (TPSA) is 112 Å². The van der Waals surface area contributed by atoms with Crippen molar-refractivity contribution in [2.75, 3.05) is 5.73 Å². The lowest BCUT2D eigenvalue weighted by Gasteiger charge is -1.98. The highest BCUT2D eigenvalue weighted by Crippen LogP contribution is 2.20. The second-order valence-electron chi connectivity index (χ2n) is 2.40. The minimum Gasteiger partial charge on any atom is -0.399 e. The van der Waals surface area contributed by atoms with E-state index in [1.54, 1.807) is 0 Å². The van der Waals surface area contributed by atoms with Crippen molar-refractivity contribution in [2.24, 2.45) is 5.73 Å². The van der Waals surface area contributed by atoms with Crippen LogP contribution >= 0.6 is 0 Å². The number of carbonyl (C=O) groups is 1. The fourth-order valence-electron chi connectivity index (χ4n) is 0.908.